The van der Waals surface area contributed by atoms with Gasteiger partial charge in [0.05, 0.1) is 0 Å². The van der Waals surface area contributed by atoms with Crippen molar-refractivity contribution in [1.29, 1.82) is 0 Å². The van der Waals surface area contributed by atoms with E-state index in [1.54, 1.807) is 0 Å². The molecule has 0 aliphatic rings. The van der Waals surface area contributed by atoms with Gasteiger partial charge in [-0.05, 0) is 40.7 Å². The maximum Gasteiger partial charge on any atom is 0.324 e. The highest BCUT2D eigenvalue weighted by atomic mass is 16.5. The van der Waals surface area contributed by atoms with Crippen molar-refractivity contribution < 1.29 is 19.4 Å². The molecule has 230 valence electrons. The van der Waals surface area contributed by atoms with Crippen LogP contribution in [0.4, 0.5) is 0 Å². The van der Waals surface area contributed by atoms with Gasteiger partial charge >= 0.3 is 11.9 Å². The highest BCUT2D eigenvalue weighted by molar-refractivity contribution is 5.76. The van der Waals surface area contributed by atoms with Crippen LogP contribution in [-0.4, -0.2) is 34.0 Å². The molecule has 6 nitrogen and oxygen atoms in total. The SMILES string of the molecule is N[C@@H](Cc1ccccc1)C(=O)O.O=C(OCc1ccccc1)[C@H](Cc1ccccc1)N(Cc1ccccc1)Cc1ccccc1. The van der Waals surface area contributed by atoms with E-state index in [0.29, 0.717) is 25.9 Å². The summed E-state index contributed by atoms with van der Waals surface area (Å²) in [5.74, 6) is -1.16. The summed E-state index contributed by atoms with van der Waals surface area (Å²) in [7, 11) is 0. The quantitative estimate of drug-likeness (QED) is 0.146. The zero-order valence-electron chi connectivity index (χ0n) is 25.3. The van der Waals surface area contributed by atoms with Gasteiger partial charge in [0, 0.05) is 13.1 Å². The average molecular weight is 601 g/mol. The van der Waals surface area contributed by atoms with Gasteiger partial charge in [-0.2, -0.15) is 0 Å². The van der Waals surface area contributed by atoms with Crippen molar-refractivity contribution in [2.75, 3.05) is 0 Å². The van der Waals surface area contributed by atoms with Gasteiger partial charge in [-0.25, -0.2) is 0 Å². The summed E-state index contributed by atoms with van der Waals surface area (Å²) in [5.41, 5.74) is 10.7. The second-order valence-electron chi connectivity index (χ2n) is 10.8. The molecule has 2 atom stereocenters. The highest BCUT2D eigenvalue weighted by Gasteiger charge is 2.28. The van der Waals surface area contributed by atoms with Gasteiger partial charge in [0.2, 0.25) is 0 Å². The van der Waals surface area contributed by atoms with Crippen molar-refractivity contribution in [1.82, 2.24) is 4.90 Å². The maximum atomic E-state index is 13.5. The van der Waals surface area contributed by atoms with E-state index in [4.69, 9.17) is 15.6 Å². The topological polar surface area (TPSA) is 92.9 Å². The number of carboxylic acids is 1. The molecular formula is C39H40N2O4. The van der Waals surface area contributed by atoms with Crippen LogP contribution in [0.15, 0.2) is 152 Å². The molecule has 45 heavy (non-hydrogen) atoms. The van der Waals surface area contributed by atoms with E-state index in [2.05, 4.69) is 41.3 Å². The number of nitrogens with two attached hydrogens (primary N) is 1. The molecule has 0 spiro atoms. The number of carbonyl (C=O) groups excluding carboxylic acids is 1. The zero-order valence-corrected chi connectivity index (χ0v) is 25.3. The van der Waals surface area contributed by atoms with Crippen LogP contribution in [0.1, 0.15) is 27.8 Å². The van der Waals surface area contributed by atoms with Crippen LogP contribution in [0.25, 0.3) is 0 Å². The fourth-order valence-electron chi connectivity index (χ4n) is 4.89. The minimum atomic E-state index is -0.959. The summed E-state index contributed by atoms with van der Waals surface area (Å²) >= 11 is 0. The summed E-state index contributed by atoms with van der Waals surface area (Å²) in [6.45, 7) is 1.59. The Morgan fingerprint density at radius 2 is 0.911 bits per heavy atom. The molecule has 0 saturated heterocycles. The van der Waals surface area contributed by atoms with Gasteiger partial charge in [-0.1, -0.05) is 152 Å². The van der Waals surface area contributed by atoms with Crippen molar-refractivity contribution in [2.24, 2.45) is 5.73 Å². The molecule has 0 fully saturated rings. The lowest BCUT2D eigenvalue weighted by molar-refractivity contribution is -0.152. The Labute approximate surface area is 265 Å². The van der Waals surface area contributed by atoms with Crippen LogP contribution in [0.3, 0.4) is 0 Å². The second-order valence-corrected chi connectivity index (χ2v) is 10.8. The number of nitrogens with zero attached hydrogens (tertiary/aromatic N) is 1. The normalized spacial score (nSPS) is 12.0. The number of carboxylic acid groups (broad SMARTS) is 1. The average Bonchev–Trinajstić information content (AvgIpc) is 3.08. The maximum absolute atomic E-state index is 13.5. The van der Waals surface area contributed by atoms with Gasteiger partial charge in [0.1, 0.15) is 18.7 Å². The Kier molecular flexibility index (Phi) is 13.1. The molecule has 0 aliphatic heterocycles. The van der Waals surface area contributed by atoms with Crippen molar-refractivity contribution in [3.05, 3.63) is 179 Å². The van der Waals surface area contributed by atoms with Crippen molar-refractivity contribution >= 4 is 11.9 Å². The Bertz CT molecular complexity index is 1510. The van der Waals surface area contributed by atoms with Gasteiger partial charge in [-0.3, -0.25) is 14.5 Å². The lowest BCUT2D eigenvalue weighted by atomic mass is 10.0. The molecule has 0 amide bonds. The zero-order chi connectivity index (χ0) is 31.7. The molecule has 3 N–H and O–H groups in total. The Morgan fingerprint density at radius 1 is 0.556 bits per heavy atom. The van der Waals surface area contributed by atoms with Gasteiger partial charge < -0.3 is 15.6 Å². The fourth-order valence-corrected chi connectivity index (χ4v) is 4.89. The second kappa shape index (κ2) is 17.9. The van der Waals surface area contributed by atoms with E-state index in [1.807, 2.05) is 115 Å². The summed E-state index contributed by atoms with van der Waals surface area (Å²) in [6.07, 6.45) is 0.976. The standard InChI is InChI=1S/C30H29NO2.C9H11NO2/c32-30(33-24-28-19-11-4-12-20-28)29(21-25-13-5-1-6-14-25)31(22-26-15-7-2-8-16-26)23-27-17-9-3-10-18-27;10-8(9(11)12)6-7-4-2-1-3-5-7/h1-20,29H,21-24H2;1-5,8H,6,10H2,(H,11,12)/t29-;8-/m00/s1. The molecule has 5 rings (SSSR count). The van der Waals surface area contributed by atoms with Gasteiger partial charge in [-0.15, -0.1) is 0 Å². The molecule has 6 heteroatoms. The molecule has 0 bridgehead atoms. The number of aliphatic carboxylic acids is 1. The first kappa shape index (κ1) is 32.9. The third-order valence-corrected chi connectivity index (χ3v) is 7.28. The first-order chi connectivity index (χ1) is 22.0. The number of hydrogen-bond acceptors (Lipinski definition) is 5. The van der Waals surface area contributed by atoms with Gasteiger partial charge in [0.15, 0.2) is 0 Å². The Hall–Kier alpha value is -5.04. The smallest absolute Gasteiger partial charge is 0.324 e. The predicted octanol–water partition coefficient (Wildman–Crippen LogP) is 6.68. The number of carbonyl (C=O) groups is 2. The third-order valence-electron chi connectivity index (χ3n) is 7.28. The molecule has 5 aromatic carbocycles. The van der Waals surface area contributed by atoms with E-state index < -0.39 is 18.1 Å². The highest BCUT2D eigenvalue weighted by Crippen LogP contribution is 2.19. The minimum Gasteiger partial charge on any atom is -0.480 e. The van der Waals surface area contributed by atoms with E-state index in [-0.39, 0.29) is 12.6 Å². The number of ether oxygens (including phenoxy) is 1. The number of rotatable bonds is 13. The summed E-state index contributed by atoms with van der Waals surface area (Å²) in [5, 5.41) is 8.52. The van der Waals surface area contributed by atoms with Crippen LogP contribution in [0.2, 0.25) is 0 Å². The molecule has 5 aromatic rings. The van der Waals surface area contributed by atoms with E-state index in [9.17, 15) is 9.59 Å². The Morgan fingerprint density at radius 3 is 1.31 bits per heavy atom. The predicted molar refractivity (Wildman–Crippen MR) is 178 cm³/mol. The molecule has 0 aromatic heterocycles. The third kappa shape index (κ3) is 11.5. The lowest BCUT2D eigenvalue weighted by Crippen LogP contribution is -2.43. The molecule has 0 heterocycles. The molecule has 0 radical (unpaired) electrons. The first-order valence-corrected chi connectivity index (χ1v) is 15.1. The largest absolute Gasteiger partial charge is 0.480 e. The van der Waals surface area contributed by atoms with Gasteiger partial charge in [0.25, 0.3) is 0 Å². The summed E-state index contributed by atoms with van der Waals surface area (Å²) in [4.78, 5) is 26.1. The molecule has 0 unspecified atom stereocenters. The van der Waals surface area contributed by atoms with Crippen LogP contribution >= 0.6 is 0 Å². The fraction of sp³-hybridized carbons (Fsp3) is 0.179. The van der Waals surface area contributed by atoms with Crippen molar-refractivity contribution in [3.8, 4) is 0 Å². The number of hydrogen-bond donors (Lipinski definition) is 2. The van der Waals surface area contributed by atoms with Crippen molar-refractivity contribution in [3.63, 3.8) is 0 Å². The number of benzene rings is 5. The van der Waals surface area contributed by atoms with Crippen LogP contribution in [-0.2, 0) is 46.9 Å². The molecule has 0 saturated carbocycles. The lowest BCUT2D eigenvalue weighted by Gasteiger charge is -2.30. The van der Waals surface area contributed by atoms with E-state index in [1.165, 1.54) is 11.1 Å². The molecular weight excluding hydrogens is 560 g/mol. The minimum absolute atomic E-state index is 0.199. The van der Waals surface area contributed by atoms with Crippen molar-refractivity contribution in [2.45, 2.75) is 44.6 Å². The summed E-state index contributed by atoms with van der Waals surface area (Å²) < 4.78 is 5.84. The molecule has 0 aliphatic carbocycles. The monoisotopic (exact) mass is 600 g/mol. The van der Waals surface area contributed by atoms with Crippen LogP contribution in [0, 0.1) is 0 Å². The van der Waals surface area contributed by atoms with Crippen LogP contribution in [0.5, 0.6) is 0 Å². The summed E-state index contributed by atoms with van der Waals surface area (Å²) in [6, 6.07) is 48.7. The van der Waals surface area contributed by atoms with E-state index >= 15 is 0 Å². The van der Waals surface area contributed by atoms with Crippen LogP contribution < -0.4 is 5.73 Å². The van der Waals surface area contributed by atoms with E-state index in [0.717, 1.165) is 16.7 Å². The first-order valence-electron chi connectivity index (χ1n) is 15.1. The Balaban J connectivity index is 0.000000323. The number of esters is 1.